The summed E-state index contributed by atoms with van der Waals surface area (Å²) in [6.07, 6.45) is 6.76. The van der Waals surface area contributed by atoms with Crippen LogP contribution in [0.3, 0.4) is 0 Å². The molecule has 220 valence electrons. The molecule has 1 aliphatic rings. The molecule has 43 heavy (non-hydrogen) atoms. The highest BCUT2D eigenvalue weighted by Crippen LogP contribution is 2.35. The van der Waals surface area contributed by atoms with Gasteiger partial charge < -0.3 is 20.4 Å². The molecule has 1 saturated carbocycles. The van der Waals surface area contributed by atoms with Gasteiger partial charge in [-0.25, -0.2) is 4.79 Å². The van der Waals surface area contributed by atoms with E-state index in [1.54, 1.807) is 0 Å². The average Bonchev–Trinajstić information content (AvgIpc) is 3.46. The number of carbonyl (C=O) groups is 2. The number of carbonyl (C=O) groups excluding carboxylic acids is 2. The van der Waals surface area contributed by atoms with Crippen LogP contribution in [-0.2, 0) is 16.0 Å². The number of fused-ring (bicyclic) bond motifs is 2. The first-order chi connectivity index (χ1) is 21.0. The zero-order valence-corrected chi connectivity index (χ0v) is 24.8. The highest BCUT2D eigenvalue weighted by atomic mass is 16.5. The van der Waals surface area contributed by atoms with Gasteiger partial charge in [-0.3, -0.25) is 4.79 Å². The second-order valence-corrected chi connectivity index (χ2v) is 11.8. The molecule has 3 N–H and O–H groups in total. The molecule has 1 unspecified atom stereocenters. The highest BCUT2D eigenvalue weighted by Gasteiger charge is 2.26. The fraction of sp³-hybridized carbons (Fsp3) is 0.297. The van der Waals surface area contributed by atoms with E-state index in [1.165, 1.54) is 35.4 Å². The van der Waals surface area contributed by atoms with Crippen LogP contribution in [0.2, 0.25) is 0 Å². The Kier molecular flexibility index (Phi) is 8.57. The topological polar surface area (TPSA) is 83.2 Å². The molecule has 6 rings (SSSR count). The number of para-hydroxylation sites is 1. The minimum atomic E-state index is -0.787. The summed E-state index contributed by atoms with van der Waals surface area (Å²) in [7, 11) is 1.35. The number of ether oxygens (including phenoxy) is 1. The Bertz CT molecular complexity index is 1720. The van der Waals surface area contributed by atoms with Gasteiger partial charge in [0.05, 0.1) is 7.11 Å². The van der Waals surface area contributed by atoms with E-state index in [0.717, 1.165) is 35.7 Å². The fourth-order valence-electron chi connectivity index (χ4n) is 6.72. The van der Waals surface area contributed by atoms with E-state index >= 15 is 0 Å². The van der Waals surface area contributed by atoms with Crippen LogP contribution in [0.25, 0.3) is 21.7 Å². The lowest BCUT2D eigenvalue weighted by Crippen LogP contribution is -2.43. The molecule has 1 fully saturated rings. The van der Waals surface area contributed by atoms with Crippen molar-refractivity contribution in [2.45, 2.75) is 63.1 Å². The van der Waals surface area contributed by atoms with E-state index in [2.05, 4.69) is 77.1 Å². The van der Waals surface area contributed by atoms with Gasteiger partial charge in [0.1, 0.15) is 6.04 Å². The number of H-pyrrole nitrogens is 1. The predicted octanol–water partition coefficient (Wildman–Crippen LogP) is 7.21. The lowest BCUT2D eigenvalue weighted by atomic mass is 9.80. The molecule has 0 aliphatic heterocycles. The van der Waals surface area contributed by atoms with Gasteiger partial charge in [-0.15, -0.1) is 0 Å². The van der Waals surface area contributed by atoms with Crippen molar-refractivity contribution in [3.8, 4) is 0 Å². The van der Waals surface area contributed by atoms with Crippen molar-refractivity contribution in [1.29, 1.82) is 0 Å². The third-order valence-corrected chi connectivity index (χ3v) is 8.98. The van der Waals surface area contributed by atoms with Gasteiger partial charge in [0.15, 0.2) is 0 Å². The quantitative estimate of drug-likeness (QED) is 0.163. The zero-order chi connectivity index (χ0) is 29.8. The van der Waals surface area contributed by atoms with E-state index in [-0.39, 0.29) is 11.9 Å². The second kappa shape index (κ2) is 12.8. The number of aromatic nitrogens is 1. The molecule has 6 heteroatoms. The van der Waals surface area contributed by atoms with Crippen LogP contribution >= 0.6 is 0 Å². The number of hydrogen-bond acceptors (Lipinski definition) is 4. The van der Waals surface area contributed by atoms with Crippen LogP contribution in [0.5, 0.6) is 0 Å². The molecule has 5 aromatic rings. The number of rotatable bonds is 9. The van der Waals surface area contributed by atoms with Crippen molar-refractivity contribution < 1.29 is 14.3 Å². The maximum Gasteiger partial charge on any atom is 0.328 e. The first-order valence-corrected chi connectivity index (χ1v) is 15.3. The number of nitrogens with one attached hydrogen (secondary N) is 3. The number of esters is 1. The molecule has 0 radical (unpaired) electrons. The lowest BCUT2D eigenvalue weighted by Gasteiger charge is -2.32. The van der Waals surface area contributed by atoms with Crippen LogP contribution in [0.4, 0.5) is 0 Å². The number of amides is 1. The van der Waals surface area contributed by atoms with E-state index < -0.39 is 12.0 Å². The molecule has 0 spiro atoms. The average molecular weight is 574 g/mol. The molecular weight excluding hydrogens is 534 g/mol. The van der Waals surface area contributed by atoms with Gasteiger partial charge in [-0.2, -0.15) is 0 Å². The molecule has 1 aliphatic carbocycles. The van der Waals surface area contributed by atoms with Crippen molar-refractivity contribution in [1.82, 2.24) is 15.6 Å². The van der Waals surface area contributed by atoms with Crippen LogP contribution in [-0.4, -0.2) is 36.1 Å². The molecule has 6 nitrogen and oxygen atoms in total. The van der Waals surface area contributed by atoms with Gasteiger partial charge in [0.2, 0.25) is 0 Å². The summed E-state index contributed by atoms with van der Waals surface area (Å²) < 4.78 is 5.03. The van der Waals surface area contributed by atoms with E-state index in [9.17, 15) is 9.59 Å². The molecule has 4 aromatic carbocycles. The van der Waals surface area contributed by atoms with Crippen LogP contribution in [0, 0.1) is 0 Å². The Balaban J connectivity index is 1.09. The number of aromatic amines is 1. The molecule has 0 saturated heterocycles. The van der Waals surface area contributed by atoms with Gasteiger partial charge >= 0.3 is 5.97 Å². The maximum atomic E-state index is 13.2. The Hall–Kier alpha value is -4.42. The minimum absolute atomic E-state index is 0.257. The Morgan fingerprint density at radius 3 is 2.47 bits per heavy atom. The SMILES string of the molecule is COC(=O)C(Cc1c[nH]c2ccccc12)NC(=O)c1ccc([C@H]2CCC[C@H](N[C@H](C)c3cccc4ccccc34)C2)cc1. The van der Waals surface area contributed by atoms with Gasteiger partial charge in [-0.05, 0) is 77.8 Å². The van der Waals surface area contributed by atoms with Gasteiger partial charge in [0.25, 0.3) is 5.91 Å². The summed E-state index contributed by atoms with van der Waals surface area (Å²) in [4.78, 5) is 29.1. The minimum Gasteiger partial charge on any atom is -0.467 e. The zero-order valence-electron chi connectivity index (χ0n) is 24.8. The summed E-state index contributed by atoms with van der Waals surface area (Å²) in [5.41, 5.74) is 5.07. The first-order valence-electron chi connectivity index (χ1n) is 15.3. The second-order valence-electron chi connectivity index (χ2n) is 11.8. The van der Waals surface area contributed by atoms with E-state index in [0.29, 0.717) is 23.9 Å². The molecule has 0 bridgehead atoms. The molecule has 4 atom stereocenters. The van der Waals surface area contributed by atoms with Gasteiger partial charge in [-0.1, -0.05) is 79.2 Å². The summed E-state index contributed by atoms with van der Waals surface area (Å²) >= 11 is 0. The van der Waals surface area contributed by atoms with Gasteiger partial charge in [0, 0.05) is 41.2 Å². The monoisotopic (exact) mass is 573 g/mol. The van der Waals surface area contributed by atoms with E-state index in [4.69, 9.17) is 4.74 Å². The number of hydrogen-bond donors (Lipinski definition) is 3. The lowest BCUT2D eigenvalue weighted by molar-refractivity contribution is -0.142. The predicted molar refractivity (Wildman–Crippen MR) is 172 cm³/mol. The first kappa shape index (κ1) is 28.7. The normalized spacial score (nSPS) is 18.3. The molecular formula is C37H39N3O3. The summed E-state index contributed by atoms with van der Waals surface area (Å²) in [5.74, 6) is -0.310. The van der Waals surface area contributed by atoms with Crippen molar-refractivity contribution in [3.63, 3.8) is 0 Å². The Labute approximate surface area is 252 Å². The number of methoxy groups -OCH3 is 1. The van der Waals surface area contributed by atoms with Crippen LogP contribution in [0.1, 0.15) is 71.6 Å². The largest absolute Gasteiger partial charge is 0.467 e. The smallest absolute Gasteiger partial charge is 0.328 e. The summed E-state index contributed by atoms with van der Waals surface area (Å²) in [6.45, 7) is 2.26. The fourth-order valence-corrected chi connectivity index (χ4v) is 6.72. The van der Waals surface area contributed by atoms with Crippen molar-refractivity contribution in [3.05, 3.63) is 119 Å². The Morgan fingerprint density at radius 1 is 0.907 bits per heavy atom. The third-order valence-electron chi connectivity index (χ3n) is 8.98. The standard InChI is InChI=1S/C37H39N3O3/c1-24(31-15-8-10-26-9-3-4-13-32(26)31)39-30-12-7-11-28(21-30)25-17-19-27(20-18-25)36(41)40-35(37(42)43-2)22-29-23-38-34-16-6-5-14-33(29)34/h3-6,8-10,13-20,23-24,28,30,35,38-39H,7,11-12,21-22H2,1-2H3,(H,40,41)/t24-,28+,30+,35?/m1/s1. The molecule has 1 amide bonds. The molecule has 1 heterocycles. The Morgan fingerprint density at radius 2 is 1.65 bits per heavy atom. The van der Waals surface area contributed by atoms with Crippen molar-refractivity contribution in [2.75, 3.05) is 7.11 Å². The third kappa shape index (κ3) is 6.35. The van der Waals surface area contributed by atoms with Crippen molar-refractivity contribution in [2.24, 2.45) is 0 Å². The van der Waals surface area contributed by atoms with Crippen LogP contribution in [0.15, 0.2) is 97.2 Å². The highest BCUT2D eigenvalue weighted by molar-refractivity contribution is 5.97. The molecule has 1 aromatic heterocycles. The maximum absolute atomic E-state index is 13.2. The summed E-state index contributed by atoms with van der Waals surface area (Å²) in [6, 6.07) is 30.8. The van der Waals surface area contributed by atoms with E-state index in [1.807, 2.05) is 42.6 Å². The number of benzene rings is 4. The van der Waals surface area contributed by atoms with Crippen LogP contribution < -0.4 is 10.6 Å². The van der Waals surface area contributed by atoms with Crippen molar-refractivity contribution >= 4 is 33.6 Å². The summed E-state index contributed by atoms with van der Waals surface area (Å²) in [5, 5.41) is 10.4.